The van der Waals surface area contributed by atoms with E-state index in [0.29, 0.717) is 11.4 Å². The smallest absolute Gasteiger partial charge is 0.324 e. The molecule has 0 unspecified atom stereocenters. The largest absolute Gasteiger partial charge is 0.329 e. The maximum absolute atomic E-state index is 12.3. The molecule has 0 radical (unpaired) electrons. The third kappa shape index (κ3) is 5.43. The van der Waals surface area contributed by atoms with Crippen molar-refractivity contribution in [2.75, 3.05) is 23.7 Å². The van der Waals surface area contributed by atoms with Crippen LogP contribution in [0.4, 0.5) is 16.2 Å². The van der Waals surface area contributed by atoms with Gasteiger partial charge in [0, 0.05) is 30.4 Å². The molecule has 5 amide bonds. The minimum Gasteiger partial charge on any atom is -0.329 e. The van der Waals surface area contributed by atoms with Crippen LogP contribution in [-0.4, -0.2) is 41.7 Å². The van der Waals surface area contributed by atoms with E-state index in [4.69, 9.17) is 0 Å². The number of urea groups is 1. The summed E-state index contributed by atoms with van der Waals surface area (Å²) in [6.07, 6.45) is 3.25. The van der Waals surface area contributed by atoms with E-state index in [1.54, 1.807) is 30.3 Å². The number of benzene rings is 3. The molecule has 1 aliphatic heterocycles. The van der Waals surface area contributed by atoms with Gasteiger partial charge in [-0.1, -0.05) is 42.5 Å². The molecule has 33 heavy (non-hydrogen) atoms. The number of imide groups is 1. The molecule has 166 valence electrons. The molecule has 3 N–H and O–H groups in total. The van der Waals surface area contributed by atoms with Gasteiger partial charge in [-0.25, -0.2) is 4.79 Å². The summed E-state index contributed by atoms with van der Waals surface area (Å²) in [6, 6.07) is 20.1. The van der Waals surface area contributed by atoms with Crippen molar-refractivity contribution in [2.45, 2.75) is 6.42 Å². The molecule has 1 fully saturated rings. The highest BCUT2D eigenvalue weighted by Gasteiger charge is 2.28. The first kappa shape index (κ1) is 21.8. The lowest BCUT2D eigenvalue weighted by atomic mass is 10.0. The van der Waals surface area contributed by atoms with Crippen molar-refractivity contribution in [1.29, 1.82) is 0 Å². The Balaban J connectivity index is 1.29. The molecule has 0 bridgehead atoms. The lowest BCUT2D eigenvalue weighted by Crippen LogP contribution is -2.33. The molecule has 0 aromatic heterocycles. The molecule has 1 saturated heterocycles. The second-order valence-corrected chi connectivity index (χ2v) is 7.47. The van der Waals surface area contributed by atoms with E-state index in [2.05, 4.69) is 16.0 Å². The number of hydrogen-bond donors (Lipinski definition) is 3. The molecule has 0 aliphatic carbocycles. The molecular weight excluding hydrogens is 420 g/mol. The summed E-state index contributed by atoms with van der Waals surface area (Å²) in [5.41, 5.74) is 2.08. The zero-order chi connectivity index (χ0) is 23.2. The Hall–Kier alpha value is -4.46. The van der Waals surface area contributed by atoms with Crippen LogP contribution >= 0.6 is 0 Å². The van der Waals surface area contributed by atoms with Gasteiger partial charge in [0.15, 0.2) is 0 Å². The van der Waals surface area contributed by atoms with E-state index < -0.39 is 6.03 Å². The van der Waals surface area contributed by atoms with E-state index in [1.165, 1.54) is 6.08 Å². The van der Waals surface area contributed by atoms with Crippen molar-refractivity contribution in [3.63, 3.8) is 0 Å². The van der Waals surface area contributed by atoms with Gasteiger partial charge in [-0.05, 0) is 46.7 Å². The highest BCUT2D eigenvalue weighted by Crippen LogP contribution is 2.20. The summed E-state index contributed by atoms with van der Waals surface area (Å²) in [7, 11) is 0. The fraction of sp³-hybridized carbons (Fsp3) is 0.120. The number of amides is 5. The summed E-state index contributed by atoms with van der Waals surface area (Å²) < 4.78 is 0. The molecule has 1 aliphatic rings. The molecule has 8 nitrogen and oxygen atoms in total. The molecule has 0 spiro atoms. The lowest BCUT2D eigenvalue weighted by Gasteiger charge is -2.12. The fourth-order valence-electron chi connectivity index (χ4n) is 3.50. The van der Waals surface area contributed by atoms with Crippen LogP contribution in [0.5, 0.6) is 0 Å². The zero-order valence-corrected chi connectivity index (χ0v) is 17.7. The summed E-state index contributed by atoms with van der Waals surface area (Å²) in [4.78, 5) is 48.5. The van der Waals surface area contributed by atoms with Gasteiger partial charge in [-0.15, -0.1) is 0 Å². The monoisotopic (exact) mass is 442 g/mol. The number of nitrogens with one attached hydrogen (secondary N) is 3. The maximum Gasteiger partial charge on any atom is 0.324 e. The molecule has 0 atom stereocenters. The summed E-state index contributed by atoms with van der Waals surface area (Å²) >= 11 is 0. The molecule has 0 saturated carbocycles. The number of carbonyl (C=O) groups excluding carboxylic acids is 4. The van der Waals surface area contributed by atoms with Gasteiger partial charge in [0.1, 0.15) is 0 Å². The third-order valence-corrected chi connectivity index (χ3v) is 5.17. The zero-order valence-electron chi connectivity index (χ0n) is 17.7. The molecule has 4 rings (SSSR count). The van der Waals surface area contributed by atoms with E-state index in [-0.39, 0.29) is 37.2 Å². The molecular formula is C25H22N4O4. The van der Waals surface area contributed by atoms with Crippen LogP contribution in [0.25, 0.3) is 16.8 Å². The topological polar surface area (TPSA) is 108 Å². The lowest BCUT2D eigenvalue weighted by molar-refractivity contribution is -0.125. The number of hydrogen-bond acceptors (Lipinski definition) is 4. The minimum atomic E-state index is -0.484. The van der Waals surface area contributed by atoms with Gasteiger partial charge in [0.2, 0.25) is 17.7 Å². The van der Waals surface area contributed by atoms with E-state index in [9.17, 15) is 19.2 Å². The maximum atomic E-state index is 12.3. The molecule has 1 heterocycles. The number of fused-ring (bicyclic) bond motifs is 1. The number of anilines is 2. The van der Waals surface area contributed by atoms with Crippen LogP contribution < -0.4 is 16.0 Å². The Morgan fingerprint density at radius 2 is 1.61 bits per heavy atom. The van der Waals surface area contributed by atoms with Crippen LogP contribution in [-0.2, 0) is 14.4 Å². The van der Waals surface area contributed by atoms with Crippen molar-refractivity contribution in [1.82, 2.24) is 10.2 Å². The third-order valence-electron chi connectivity index (χ3n) is 5.17. The molecule has 3 aromatic carbocycles. The first-order valence-electron chi connectivity index (χ1n) is 10.4. The van der Waals surface area contributed by atoms with Crippen LogP contribution in [0, 0.1) is 0 Å². The van der Waals surface area contributed by atoms with Gasteiger partial charge in [-0.3, -0.25) is 19.3 Å². The minimum absolute atomic E-state index is 0.00336. The standard InChI is InChI=1S/C25H22N4O4/c30-22(13-8-18-6-3-5-17-4-1-2-7-21(17)18)27-19-9-11-20(12-10-19)28-23(31)14-15-29-24(32)16-26-25(29)33/h1-13H,14-16H2,(H,26,33)(H,27,30)(H,28,31). The number of carbonyl (C=O) groups is 4. The Labute approximate surface area is 190 Å². The predicted molar refractivity (Wildman–Crippen MR) is 126 cm³/mol. The van der Waals surface area contributed by atoms with Gasteiger partial charge >= 0.3 is 6.03 Å². The first-order chi connectivity index (χ1) is 16.0. The Morgan fingerprint density at radius 1 is 0.909 bits per heavy atom. The Kier molecular flexibility index (Phi) is 6.45. The van der Waals surface area contributed by atoms with Crippen LogP contribution in [0.3, 0.4) is 0 Å². The summed E-state index contributed by atoms with van der Waals surface area (Å²) in [5.74, 6) is -0.937. The van der Waals surface area contributed by atoms with E-state index in [0.717, 1.165) is 21.2 Å². The predicted octanol–water partition coefficient (Wildman–Crippen LogP) is 3.37. The van der Waals surface area contributed by atoms with Crippen molar-refractivity contribution in [3.05, 3.63) is 78.4 Å². The van der Waals surface area contributed by atoms with Gasteiger partial charge in [0.25, 0.3) is 0 Å². The summed E-state index contributed by atoms with van der Waals surface area (Å²) in [5, 5.41) is 10.1. The van der Waals surface area contributed by atoms with Crippen LogP contribution in [0.2, 0.25) is 0 Å². The first-order valence-corrected chi connectivity index (χ1v) is 10.4. The molecule has 8 heteroatoms. The highest BCUT2D eigenvalue weighted by molar-refractivity contribution is 6.04. The quantitative estimate of drug-likeness (QED) is 0.385. The van der Waals surface area contributed by atoms with Crippen LogP contribution in [0.1, 0.15) is 12.0 Å². The van der Waals surface area contributed by atoms with Crippen molar-refractivity contribution >= 4 is 52.0 Å². The van der Waals surface area contributed by atoms with Crippen LogP contribution in [0.15, 0.2) is 72.8 Å². The van der Waals surface area contributed by atoms with E-state index in [1.807, 2.05) is 42.5 Å². The van der Waals surface area contributed by atoms with E-state index >= 15 is 0 Å². The number of nitrogens with zero attached hydrogens (tertiary/aromatic N) is 1. The van der Waals surface area contributed by atoms with Crippen molar-refractivity contribution in [3.8, 4) is 0 Å². The average molecular weight is 442 g/mol. The normalized spacial score (nSPS) is 13.4. The fourth-order valence-corrected chi connectivity index (χ4v) is 3.50. The van der Waals surface area contributed by atoms with Crippen molar-refractivity contribution in [2.24, 2.45) is 0 Å². The molecule has 3 aromatic rings. The Morgan fingerprint density at radius 3 is 2.33 bits per heavy atom. The highest BCUT2D eigenvalue weighted by atomic mass is 16.2. The van der Waals surface area contributed by atoms with Gasteiger partial charge < -0.3 is 16.0 Å². The van der Waals surface area contributed by atoms with Gasteiger partial charge in [0.05, 0.1) is 6.54 Å². The second kappa shape index (κ2) is 9.78. The Bertz CT molecular complexity index is 1230. The summed E-state index contributed by atoms with van der Waals surface area (Å²) in [6.45, 7) is -0.0154. The van der Waals surface area contributed by atoms with Crippen molar-refractivity contribution < 1.29 is 19.2 Å². The van der Waals surface area contributed by atoms with Gasteiger partial charge in [-0.2, -0.15) is 0 Å². The number of rotatable bonds is 7. The second-order valence-electron chi connectivity index (χ2n) is 7.47. The SMILES string of the molecule is O=C(C=Cc1cccc2ccccc12)Nc1ccc(NC(=O)CCN2C(=O)CNC2=O)cc1. The average Bonchev–Trinajstić information content (AvgIpc) is 3.14.